The van der Waals surface area contributed by atoms with Crippen LogP contribution in [0.2, 0.25) is 0 Å². The quantitative estimate of drug-likeness (QED) is 0.162. The van der Waals surface area contributed by atoms with Crippen LogP contribution in [-0.2, 0) is 19.3 Å². The molecule has 0 nitrogen and oxygen atoms in total. The Morgan fingerprint density at radius 3 is 1.90 bits per heavy atom. The first-order chi connectivity index (χ1) is 19.2. The number of unbranched alkanes of at least 4 members (excludes halogenated alkanes) is 2. The molecule has 0 aromatic heterocycles. The van der Waals surface area contributed by atoms with Crippen molar-refractivity contribution < 1.29 is 0 Å². The molecule has 0 saturated heterocycles. The lowest BCUT2D eigenvalue weighted by molar-refractivity contribution is 0.795. The molecule has 4 aromatic carbocycles. The topological polar surface area (TPSA) is 0 Å². The molecule has 0 fully saturated rings. The molecule has 1 aliphatic carbocycles. The van der Waals surface area contributed by atoms with Gasteiger partial charge in [-0.15, -0.1) is 0 Å². The summed E-state index contributed by atoms with van der Waals surface area (Å²) in [5.41, 5.74) is 11.4. The average molecular weight is 527 g/mol. The van der Waals surface area contributed by atoms with E-state index in [9.17, 15) is 0 Å². The number of allylic oxidation sites excluding steroid dienone is 4. The second-order valence-electron chi connectivity index (χ2n) is 11.0. The van der Waals surface area contributed by atoms with Crippen LogP contribution in [0.4, 0.5) is 0 Å². The smallest absolute Gasteiger partial charge is 0.0806 e. The summed E-state index contributed by atoms with van der Waals surface area (Å²) < 4.78 is 0. The molecule has 0 N–H and O–H groups in total. The van der Waals surface area contributed by atoms with Gasteiger partial charge in [0, 0.05) is 0 Å². The van der Waals surface area contributed by atoms with Crippen molar-refractivity contribution >= 4 is 14.7 Å². The van der Waals surface area contributed by atoms with Gasteiger partial charge in [-0.25, -0.2) is 0 Å². The first-order valence-corrected chi connectivity index (χ1v) is 16.4. The van der Waals surface area contributed by atoms with Crippen molar-refractivity contribution in [1.82, 2.24) is 0 Å². The molecular weight excluding hydrogens is 485 g/mol. The fourth-order valence-electron chi connectivity index (χ4n) is 5.79. The van der Waals surface area contributed by atoms with Crippen molar-refractivity contribution in [3.05, 3.63) is 137 Å². The number of hydrogen-bond donors (Lipinski definition) is 0. The maximum Gasteiger partial charge on any atom is 0.0840 e. The third kappa shape index (κ3) is 6.97. The maximum absolute atomic E-state index is 2.41. The molecule has 0 atom stereocenters. The lowest BCUT2D eigenvalue weighted by Crippen LogP contribution is -2.20. The standard InChI is InChI=1S/C38H42Si/c1-3-5-12-29-20-24-32(25-21-29)35-17-11-19-37(38(35)33-26-22-30(23-27-33)13-6-4-2)39-36-18-10-16-34(36)28-31-14-8-7-9-15-31/h7-11,14-17,19-27H,3-6,12-13,18,28,39H2,1-2H3. The largest absolute Gasteiger partial charge is 0.0840 e. The van der Waals surface area contributed by atoms with Gasteiger partial charge in [-0.3, -0.25) is 0 Å². The number of hydrogen-bond acceptors (Lipinski definition) is 0. The predicted molar refractivity (Wildman–Crippen MR) is 174 cm³/mol. The number of benzene rings is 4. The molecule has 0 heterocycles. The summed E-state index contributed by atoms with van der Waals surface area (Å²) in [6.45, 7) is 4.54. The Kier molecular flexibility index (Phi) is 9.46. The molecule has 0 amide bonds. The van der Waals surface area contributed by atoms with Crippen LogP contribution in [0.25, 0.3) is 22.3 Å². The van der Waals surface area contributed by atoms with Crippen LogP contribution >= 0.6 is 0 Å². The van der Waals surface area contributed by atoms with Crippen molar-refractivity contribution in [3.63, 3.8) is 0 Å². The first kappa shape index (κ1) is 27.2. The number of rotatable bonds is 12. The Bertz CT molecular complexity index is 1410. The molecule has 5 rings (SSSR count). The lowest BCUT2D eigenvalue weighted by atomic mass is 9.92. The van der Waals surface area contributed by atoms with Gasteiger partial charge in [-0.05, 0) is 83.0 Å². The molecule has 1 aliphatic rings. The lowest BCUT2D eigenvalue weighted by Gasteiger charge is -2.18. The van der Waals surface area contributed by atoms with E-state index in [2.05, 4.69) is 123 Å². The average Bonchev–Trinajstić information content (AvgIpc) is 3.42. The van der Waals surface area contributed by atoms with Crippen LogP contribution in [0, 0.1) is 0 Å². The minimum Gasteiger partial charge on any atom is -0.0806 e. The van der Waals surface area contributed by atoms with Gasteiger partial charge in [-0.1, -0.05) is 146 Å². The van der Waals surface area contributed by atoms with Gasteiger partial charge in [0.1, 0.15) is 0 Å². The van der Waals surface area contributed by atoms with Crippen LogP contribution < -0.4 is 5.19 Å². The van der Waals surface area contributed by atoms with Gasteiger partial charge in [0.05, 0.1) is 9.52 Å². The summed E-state index contributed by atoms with van der Waals surface area (Å²) in [4.78, 5) is 0. The normalized spacial score (nSPS) is 13.2. The SMILES string of the molecule is CCCCc1ccc(-c2cccc([SiH2]C3=C(Cc4ccccc4)C=CC3)c2-c2ccc(CCCC)cc2)cc1. The first-order valence-electron chi connectivity index (χ1n) is 15.0. The van der Waals surface area contributed by atoms with E-state index in [1.807, 2.05) is 0 Å². The highest BCUT2D eigenvalue weighted by Crippen LogP contribution is 2.33. The van der Waals surface area contributed by atoms with Crippen LogP contribution in [0.3, 0.4) is 0 Å². The van der Waals surface area contributed by atoms with Gasteiger partial charge >= 0.3 is 0 Å². The van der Waals surface area contributed by atoms with Crippen molar-refractivity contribution in [2.75, 3.05) is 0 Å². The second kappa shape index (κ2) is 13.6. The molecule has 0 unspecified atom stereocenters. The Labute approximate surface area is 238 Å². The molecule has 0 saturated carbocycles. The molecule has 0 spiro atoms. The van der Waals surface area contributed by atoms with E-state index in [1.165, 1.54) is 77.5 Å². The minimum atomic E-state index is -0.622. The Morgan fingerprint density at radius 1 is 0.615 bits per heavy atom. The Hall–Kier alpha value is -3.42. The van der Waals surface area contributed by atoms with Crippen molar-refractivity contribution in [2.24, 2.45) is 0 Å². The van der Waals surface area contributed by atoms with Gasteiger partial charge < -0.3 is 0 Å². The minimum absolute atomic E-state index is 0.622. The molecule has 1 heteroatoms. The fraction of sp³-hybridized carbons (Fsp3) is 0.263. The van der Waals surface area contributed by atoms with E-state index in [4.69, 9.17) is 0 Å². The Balaban J connectivity index is 1.52. The summed E-state index contributed by atoms with van der Waals surface area (Å²) in [6, 6.07) is 36.8. The molecule has 0 radical (unpaired) electrons. The van der Waals surface area contributed by atoms with Crippen molar-refractivity contribution in [3.8, 4) is 22.3 Å². The summed E-state index contributed by atoms with van der Waals surface area (Å²) in [7, 11) is -0.622. The van der Waals surface area contributed by atoms with E-state index in [1.54, 1.807) is 16.0 Å². The van der Waals surface area contributed by atoms with Crippen LogP contribution in [0.5, 0.6) is 0 Å². The molecule has 0 bridgehead atoms. The van der Waals surface area contributed by atoms with Gasteiger partial charge in [0.2, 0.25) is 0 Å². The Morgan fingerprint density at radius 2 is 1.26 bits per heavy atom. The van der Waals surface area contributed by atoms with E-state index < -0.39 is 9.52 Å². The van der Waals surface area contributed by atoms with Crippen LogP contribution in [0.15, 0.2) is 120 Å². The monoisotopic (exact) mass is 526 g/mol. The molecule has 4 aromatic rings. The van der Waals surface area contributed by atoms with Crippen molar-refractivity contribution in [2.45, 2.75) is 65.2 Å². The summed E-state index contributed by atoms with van der Waals surface area (Å²) in [5.74, 6) is 0. The molecule has 39 heavy (non-hydrogen) atoms. The highest BCUT2D eigenvalue weighted by Gasteiger charge is 2.17. The summed E-state index contributed by atoms with van der Waals surface area (Å²) in [5, 5.41) is 3.25. The van der Waals surface area contributed by atoms with Gasteiger partial charge in [-0.2, -0.15) is 0 Å². The number of aryl methyl sites for hydroxylation is 2. The third-order valence-electron chi connectivity index (χ3n) is 8.07. The predicted octanol–water partition coefficient (Wildman–Crippen LogP) is 8.96. The van der Waals surface area contributed by atoms with Crippen LogP contribution in [-0.4, -0.2) is 9.52 Å². The van der Waals surface area contributed by atoms with E-state index in [0.29, 0.717) is 0 Å². The zero-order valence-corrected chi connectivity index (χ0v) is 25.2. The van der Waals surface area contributed by atoms with Gasteiger partial charge in [0.15, 0.2) is 0 Å². The molecule has 198 valence electrons. The van der Waals surface area contributed by atoms with Crippen molar-refractivity contribution in [1.29, 1.82) is 0 Å². The molecule has 0 aliphatic heterocycles. The van der Waals surface area contributed by atoms with E-state index >= 15 is 0 Å². The van der Waals surface area contributed by atoms with Crippen LogP contribution in [0.1, 0.15) is 62.6 Å². The zero-order valence-electron chi connectivity index (χ0n) is 23.8. The molecular formula is C38H42Si. The fourth-order valence-corrected chi connectivity index (χ4v) is 7.85. The van der Waals surface area contributed by atoms with E-state index in [-0.39, 0.29) is 0 Å². The maximum atomic E-state index is 2.41. The van der Waals surface area contributed by atoms with Gasteiger partial charge in [0.25, 0.3) is 0 Å². The second-order valence-corrected chi connectivity index (χ2v) is 13.0. The third-order valence-corrected chi connectivity index (χ3v) is 10.2. The highest BCUT2D eigenvalue weighted by molar-refractivity contribution is 6.63. The summed E-state index contributed by atoms with van der Waals surface area (Å²) >= 11 is 0. The van der Waals surface area contributed by atoms with E-state index in [0.717, 1.165) is 12.8 Å². The summed E-state index contributed by atoms with van der Waals surface area (Å²) in [6.07, 6.45) is 14.2. The highest BCUT2D eigenvalue weighted by atomic mass is 28.2. The zero-order chi connectivity index (χ0) is 26.9.